The van der Waals surface area contributed by atoms with E-state index in [0.717, 1.165) is 11.3 Å². The predicted molar refractivity (Wildman–Crippen MR) is 52.5 cm³/mol. The van der Waals surface area contributed by atoms with Crippen LogP contribution in [0.1, 0.15) is 16.4 Å². The van der Waals surface area contributed by atoms with Crippen molar-refractivity contribution >= 4 is 16.3 Å². The van der Waals surface area contributed by atoms with Gasteiger partial charge in [-0.2, -0.15) is 22.8 Å². The van der Waals surface area contributed by atoms with Crippen LogP contribution in [0.3, 0.4) is 0 Å². The van der Waals surface area contributed by atoms with Crippen molar-refractivity contribution in [3.63, 3.8) is 0 Å². The van der Waals surface area contributed by atoms with E-state index in [0.29, 0.717) is 9.52 Å². The molecule has 2 aromatic heterocycles. The molecule has 0 aliphatic rings. The summed E-state index contributed by atoms with van der Waals surface area (Å²) in [5, 5.41) is 13.0. The van der Waals surface area contributed by atoms with Crippen molar-refractivity contribution in [2.45, 2.75) is 19.4 Å². The largest absolute Gasteiger partial charge is 0.435 e. The van der Waals surface area contributed by atoms with Gasteiger partial charge in [0.05, 0.1) is 13.2 Å². The highest BCUT2D eigenvalue weighted by Crippen LogP contribution is 2.33. The second-order valence-electron chi connectivity index (χ2n) is 3.19. The van der Waals surface area contributed by atoms with Gasteiger partial charge in [0.15, 0.2) is 5.69 Å². The van der Waals surface area contributed by atoms with Gasteiger partial charge in [0.2, 0.25) is 4.96 Å². The lowest BCUT2D eigenvalue weighted by Crippen LogP contribution is -2.13. The van der Waals surface area contributed by atoms with Crippen LogP contribution in [0.4, 0.5) is 13.2 Å². The second-order valence-corrected chi connectivity index (χ2v) is 4.23. The van der Waals surface area contributed by atoms with Gasteiger partial charge in [-0.25, -0.2) is 4.98 Å². The van der Waals surface area contributed by atoms with E-state index in [1.54, 1.807) is 0 Å². The molecule has 0 amide bonds. The minimum Gasteiger partial charge on any atom is -0.390 e. The van der Waals surface area contributed by atoms with Crippen molar-refractivity contribution in [3.05, 3.63) is 16.4 Å². The molecule has 0 saturated heterocycles. The summed E-state index contributed by atoms with van der Waals surface area (Å²) in [7, 11) is 1.42. The van der Waals surface area contributed by atoms with Gasteiger partial charge in [-0.3, -0.25) is 0 Å². The normalized spacial score (nSPS) is 12.5. The van der Waals surface area contributed by atoms with Crippen molar-refractivity contribution in [2.75, 3.05) is 7.11 Å². The maximum Gasteiger partial charge on any atom is 0.435 e. The van der Waals surface area contributed by atoms with Crippen molar-refractivity contribution in [3.8, 4) is 0 Å². The molecule has 0 radical (unpaired) electrons. The van der Waals surface area contributed by atoms with Gasteiger partial charge in [-0.05, 0) is 0 Å². The smallest absolute Gasteiger partial charge is 0.390 e. The second kappa shape index (κ2) is 4.24. The molecular weight excluding hydrogens is 259 g/mol. The quantitative estimate of drug-likeness (QED) is 0.914. The van der Waals surface area contributed by atoms with Gasteiger partial charge in [-0.1, -0.05) is 11.3 Å². The van der Waals surface area contributed by atoms with E-state index >= 15 is 0 Å². The molecule has 0 aliphatic carbocycles. The molecular formula is C8H8F3N3O2S. The highest BCUT2D eigenvalue weighted by molar-refractivity contribution is 7.16. The Bertz CT molecular complexity index is 534. The maximum absolute atomic E-state index is 12.8. The predicted octanol–water partition coefficient (Wildman–Crippen LogP) is 1.45. The number of hydrogen-bond donors (Lipinski definition) is 1. The molecule has 0 spiro atoms. The van der Waals surface area contributed by atoms with E-state index in [-0.39, 0.29) is 11.6 Å². The number of aliphatic hydroxyl groups is 1. The van der Waals surface area contributed by atoms with Crippen molar-refractivity contribution in [1.29, 1.82) is 0 Å². The Kier molecular flexibility index (Phi) is 3.06. The molecule has 2 aromatic rings. The molecule has 2 rings (SSSR count). The van der Waals surface area contributed by atoms with E-state index in [9.17, 15) is 13.2 Å². The minimum atomic E-state index is -4.60. The van der Waals surface area contributed by atoms with Crippen LogP contribution in [0.5, 0.6) is 0 Å². The first-order valence-corrected chi connectivity index (χ1v) is 5.33. The summed E-state index contributed by atoms with van der Waals surface area (Å²) in [6, 6.07) is 0. The minimum absolute atomic E-state index is 0.0911. The molecule has 2 heterocycles. The third kappa shape index (κ3) is 2.13. The van der Waals surface area contributed by atoms with Crippen LogP contribution in [0.2, 0.25) is 0 Å². The van der Waals surface area contributed by atoms with E-state index in [2.05, 4.69) is 10.1 Å². The summed E-state index contributed by atoms with van der Waals surface area (Å²) < 4.78 is 43.7. The third-order valence-corrected chi connectivity index (χ3v) is 2.89. The van der Waals surface area contributed by atoms with Crippen LogP contribution >= 0.6 is 11.3 Å². The summed E-state index contributed by atoms with van der Waals surface area (Å²) in [5.41, 5.74) is -1.45. The van der Waals surface area contributed by atoms with Crippen LogP contribution in [0.25, 0.3) is 4.96 Å². The van der Waals surface area contributed by atoms with Gasteiger partial charge < -0.3 is 9.84 Å². The average Bonchev–Trinajstić information content (AvgIpc) is 2.71. The fourth-order valence-corrected chi connectivity index (χ4v) is 2.29. The van der Waals surface area contributed by atoms with E-state index in [4.69, 9.17) is 9.84 Å². The van der Waals surface area contributed by atoms with E-state index < -0.39 is 24.2 Å². The first kappa shape index (κ1) is 12.3. The van der Waals surface area contributed by atoms with Crippen molar-refractivity contribution < 1.29 is 23.0 Å². The molecule has 0 atom stereocenters. The van der Waals surface area contributed by atoms with Crippen molar-refractivity contribution in [1.82, 2.24) is 14.6 Å². The Balaban J connectivity index is 2.60. The zero-order valence-electron chi connectivity index (χ0n) is 8.65. The zero-order valence-corrected chi connectivity index (χ0v) is 9.47. The van der Waals surface area contributed by atoms with Crippen LogP contribution in [-0.2, 0) is 24.1 Å². The molecule has 94 valence electrons. The van der Waals surface area contributed by atoms with Gasteiger partial charge in [-0.15, -0.1) is 0 Å². The number of fused-ring (bicyclic) bond motifs is 1. The standard InChI is InChI=1S/C8H8F3N3O2S/c1-16-3-5-13-14-6(8(9,10)11)4(2-15)12-7(14)17-5/h15H,2-3H2,1H3. The number of alkyl halides is 3. The Morgan fingerprint density at radius 1 is 1.47 bits per heavy atom. The van der Waals surface area contributed by atoms with Gasteiger partial charge in [0.25, 0.3) is 0 Å². The molecule has 17 heavy (non-hydrogen) atoms. The summed E-state index contributed by atoms with van der Waals surface area (Å²) in [4.78, 5) is 3.79. The number of aromatic nitrogens is 3. The summed E-state index contributed by atoms with van der Waals surface area (Å²) in [5.74, 6) is 0. The number of methoxy groups -OCH3 is 1. The third-order valence-electron chi connectivity index (χ3n) is 2.00. The summed E-state index contributed by atoms with van der Waals surface area (Å²) >= 11 is 0.993. The average molecular weight is 267 g/mol. The number of ether oxygens (including phenoxy) is 1. The zero-order chi connectivity index (χ0) is 12.6. The Labute approximate surface area is 97.5 Å². The lowest BCUT2D eigenvalue weighted by molar-refractivity contribution is -0.143. The number of imidazole rings is 1. The lowest BCUT2D eigenvalue weighted by Gasteiger charge is -2.05. The number of halogens is 3. The maximum atomic E-state index is 12.8. The Hall–Kier alpha value is -1.19. The first-order chi connectivity index (χ1) is 7.97. The van der Waals surface area contributed by atoms with Gasteiger partial charge >= 0.3 is 6.18 Å². The molecule has 5 nitrogen and oxygen atoms in total. The van der Waals surface area contributed by atoms with Crippen LogP contribution in [-0.4, -0.2) is 26.8 Å². The number of aliphatic hydroxyl groups excluding tert-OH is 1. The fraction of sp³-hybridized carbons (Fsp3) is 0.500. The van der Waals surface area contributed by atoms with Crippen LogP contribution in [0, 0.1) is 0 Å². The molecule has 0 bridgehead atoms. The van der Waals surface area contributed by atoms with E-state index in [1.807, 2.05) is 0 Å². The first-order valence-electron chi connectivity index (χ1n) is 4.51. The monoisotopic (exact) mass is 267 g/mol. The molecule has 0 fully saturated rings. The molecule has 9 heteroatoms. The summed E-state index contributed by atoms with van der Waals surface area (Å²) in [6.07, 6.45) is -4.60. The number of rotatable bonds is 3. The van der Waals surface area contributed by atoms with Crippen LogP contribution < -0.4 is 0 Å². The fourth-order valence-electron chi connectivity index (χ4n) is 1.41. The van der Waals surface area contributed by atoms with E-state index in [1.165, 1.54) is 7.11 Å². The summed E-state index contributed by atoms with van der Waals surface area (Å²) in [6.45, 7) is -0.648. The Morgan fingerprint density at radius 2 is 2.18 bits per heavy atom. The van der Waals surface area contributed by atoms with Gasteiger partial charge in [0, 0.05) is 7.11 Å². The van der Waals surface area contributed by atoms with Crippen LogP contribution in [0.15, 0.2) is 0 Å². The highest BCUT2D eigenvalue weighted by atomic mass is 32.1. The molecule has 0 aromatic carbocycles. The lowest BCUT2D eigenvalue weighted by atomic mass is 10.3. The molecule has 0 saturated carbocycles. The molecule has 0 unspecified atom stereocenters. The number of hydrogen-bond acceptors (Lipinski definition) is 5. The van der Waals surface area contributed by atoms with Gasteiger partial charge in [0.1, 0.15) is 10.7 Å². The Morgan fingerprint density at radius 3 is 2.71 bits per heavy atom. The molecule has 0 aliphatic heterocycles. The molecule has 1 N–H and O–H groups in total. The SMILES string of the molecule is COCc1nn2c(C(F)(F)F)c(CO)nc2s1. The number of nitrogens with zero attached hydrogens (tertiary/aromatic N) is 3. The van der Waals surface area contributed by atoms with Crippen molar-refractivity contribution in [2.24, 2.45) is 0 Å². The highest BCUT2D eigenvalue weighted by Gasteiger charge is 2.39. The topological polar surface area (TPSA) is 59.7 Å².